The number of carbonyl (C=O) groups is 1. The van der Waals surface area contributed by atoms with Gasteiger partial charge in [0, 0.05) is 32.1 Å². The van der Waals surface area contributed by atoms with Gasteiger partial charge in [0.1, 0.15) is 11.9 Å². The summed E-state index contributed by atoms with van der Waals surface area (Å²) in [6, 6.07) is 9.80. The summed E-state index contributed by atoms with van der Waals surface area (Å²) in [5, 5.41) is 6.16. The minimum absolute atomic E-state index is 0.00238. The number of aromatic nitrogens is 1. The van der Waals surface area contributed by atoms with Crippen LogP contribution in [0.3, 0.4) is 0 Å². The number of hydrogen-bond donors (Lipinski definition) is 2. The van der Waals surface area contributed by atoms with Crippen molar-refractivity contribution in [1.82, 2.24) is 10.3 Å². The summed E-state index contributed by atoms with van der Waals surface area (Å²) in [5.41, 5.74) is 1.61. The third-order valence-corrected chi connectivity index (χ3v) is 6.15. The van der Waals surface area contributed by atoms with Crippen molar-refractivity contribution in [2.75, 3.05) is 23.3 Å². The van der Waals surface area contributed by atoms with E-state index < -0.39 is 0 Å². The lowest BCUT2D eigenvalue weighted by Gasteiger charge is -2.22. The smallest absolute Gasteiger partial charge is 0.217 e. The number of pyridine rings is 1. The van der Waals surface area contributed by atoms with E-state index in [0.29, 0.717) is 24.1 Å². The Morgan fingerprint density at radius 1 is 1.19 bits per heavy atom. The van der Waals surface area contributed by atoms with Gasteiger partial charge in [0.05, 0.1) is 18.3 Å². The van der Waals surface area contributed by atoms with Gasteiger partial charge in [-0.1, -0.05) is 25.0 Å². The summed E-state index contributed by atoms with van der Waals surface area (Å²) in [7, 11) is 0. The van der Waals surface area contributed by atoms with E-state index >= 15 is 4.39 Å². The van der Waals surface area contributed by atoms with Gasteiger partial charge < -0.3 is 20.3 Å². The maximum atomic E-state index is 15.1. The lowest BCUT2D eigenvalue weighted by atomic mass is 10.1. The number of amides is 1. The molecule has 1 aromatic heterocycles. The average molecular weight is 427 g/mol. The average Bonchev–Trinajstić information content (AvgIpc) is 3.42. The zero-order chi connectivity index (χ0) is 21.8. The van der Waals surface area contributed by atoms with Crippen LogP contribution in [0.1, 0.15) is 57.6 Å². The summed E-state index contributed by atoms with van der Waals surface area (Å²) < 4.78 is 21.2. The fourth-order valence-electron chi connectivity index (χ4n) is 4.50. The van der Waals surface area contributed by atoms with E-state index in [0.717, 1.165) is 37.1 Å². The monoisotopic (exact) mass is 426 g/mol. The molecule has 1 aliphatic heterocycles. The Labute approximate surface area is 183 Å². The van der Waals surface area contributed by atoms with Gasteiger partial charge in [-0.2, -0.15) is 0 Å². The third kappa shape index (κ3) is 5.27. The number of carbonyl (C=O) groups excluding carboxylic acids is 1. The van der Waals surface area contributed by atoms with E-state index in [4.69, 9.17) is 4.74 Å². The second kappa shape index (κ2) is 9.54. The highest BCUT2D eigenvalue weighted by Crippen LogP contribution is 2.30. The van der Waals surface area contributed by atoms with Crippen LogP contribution in [0, 0.1) is 5.82 Å². The van der Waals surface area contributed by atoms with E-state index in [2.05, 4.69) is 15.6 Å². The number of ether oxygens (including phenoxy) is 1. The summed E-state index contributed by atoms with van der Waals surface area (Å²) in [6.07, 6.45) is 7.04. The first-order chi connectivity index (χ1) is 15.0. The van der Waals surface area contributed by atoms with Gasteiger partial charge in [0.25, 0.3) is 0 Å². The van der Waals surface area contributed by atoms with Crippen LogP contribution < -0.4 is 20.3 Å². The van der Waals surface area contributed by atoms with Crippen molar-refractivity contribution in [2.45, 2.75) is 64.1 Å². The molecular formula is C24H31FN4O2. The molecule has 2 aliphatic rings. The molecule has 2 N–H and O–H groups in total. The van der Waals surface area contributed by atoms with Crippen LogP contribution in [0.25, 0.3) is 0 Å². The molecule has 1 saturated carbocycles. The Kier molecular flexibility index (Phi) is 6.59. The molecule has 0 spiro atoms. The van der Waals surface area contributed by atoms with E-state index in [-0.39, 0.29) is 23.9 Å². The van der Waals surface area contributed by atoms with Gasteiger partial charge in [-0.25, -0.2) is 9.37 Å². The summed E-state index contributed by atoms with van der Waals surface area (Å²) in [4.78, 5) is 17.5. The molecule has 1 aromatic carbocycles. The SMILES string of the molecule is CC(=O)N[C@@H](C)c1ccc(O[C@@H]2CCN(c3ccnc(NC4CCCC4)c3F)C2)cc1. The highest BCUT2D eigenvalue weighted by Gasteiger charge is 2.28. The number of hydrogen-bond acceptors (Lipinski definition) is 5. The zero-order valence-electron chi connectivity index (χ0n) is 18.2. The quantitative estimate of drug-likeness (QED) is 0.686. The van der Waals surface area contributed by atoms with Crippen molar-refractivity contribution in [2.24, 2.45) is 0 Å². The van der Waals surface area contributed by atoms with Crippen molar-refractivity contribution < 1.29 is 13.9 Å². The molecule has 6 nitrogen and oxygen atoms in total. The van der Waals surface area contributed by atoms with E-state index in [1.54, 1.807) is 12.3 Å². The number of rotatable bonds is 7. The predicted octanol–water partition coefficient (Wildman–Crippen LogP) is 4.43. The maximum absolute atomic E-state index is 15.1. The van der Waals surface area contributed by atoms with Crippen molar-refractivity contribution in [3.05, 3.63) is 47.9 Å². The number of nitrogens with one attached hydrogen (secondary N) is 2. The summed E-state index contributed by atoms with van der Waals surface area (Å²) >= 11 is 0. The van der Waals surface area contributed by atoms with Gasteiger partial charge in [0.15, 0.2) is 11.6 Å². The number of anilines is 2. The van der Waals surface area contributed by atoms with Crippen LogP contribution in [0.5, 0.6) is 5.75 Å². The van der Waals surface area contributed by atoms with Gasteiger partial charge in [0.2, 0.25) is 5.91 Å². The molecule has 0 bridgehead atoms. The molecule has 2 heterocycles. The largest absolute Gasteiger partial charge is 0.489 e. The summed E-state index contributed by atoms with van der Waals surface area (Å²) in [6.45, 7) is 4.84. The van der Waals surface area contributed by atoms with Crippen LogP contribution >= 0.6 is 0 Å². The fraction of sp³-hybridized carbons (Fsp3) is 0.500. The molecule has 0 radical (unpaired) electrons. The Balaban J connectivity index is 1.36. The maximum Gasteiger partial charge on any atom is 0.217 e. The zero-order valence-corrected chi connectivity index (χ0v) is 18.2. The Hall–Kier alpha value is -2.83. The van der Waals surface area contributed by atoms with Crippen molar-refractivity contribution in [3.8, 4) is 5.75 Å². The Morgan fingerprint density at radius 2 is 1.94 bits per heavy atom. The van der Waals surface area contributed by atoms with E-state index in [1.807, 2.05) is 36.1 Å². The predicted molar refractivity (Wildman–Crippen MR) is 120 cm³/mol. The number of benzene rings is 1. The van der Waals surface area contributed by atoms with Crippen LogP contribution in [0.2, 0.25) is 0 Å². The van der Waals surface area contributed by atoms with Crippen LogP contribution in [-0.2, 0) is 4.79 Å². The van der Waals surface area contributed by atoms with Crippen LogP contribution in [0.4, 0.5) is 15.9 Å². The number of nitrogens with zero attached hydrogens (tertiary/aromatic N) is 2. The molecule has 166 valence electrons. The summed E-state index contributed by atoms with van der Waals surface area (Å²) in [5.74, 6) is 0.817. The lowest BCUT2D eigenvalue weighted by molar-refractivity contribution is -0.119. The Bertz CT molecular complexity index is 899. The standard InChI is InChI=1S/C24H31FN4O2/c1-16(27-17(2)30)18-7-9-20(10-8-18)31-21-12-14-29(15-21)22-11-13-26-24(23(22)25)28-19-5-3-4-6-19/h7-11,13,16,19,21H,3-6,12,14-15H2,1-2H3,(H,26,28)(H,27,30)/t16-,21+/m0/s1. The molecule has 2 fully saturated rings. The highest BCUT2D eigenvalue weighted by molar-refractivity contribution is 5.73. The van der Waals surface area contributed by atoms with Crippen LogP contribution in [-0.4, -0.2) is 36.1 Å². The molecule has 7 heteroatoms. The minimum atomic E-state index is -0.272. The molecule has 1 aliphatic carbocycles. The normalized spacial score (nSPS) is 20.0. The molecule has 2 atom stereocenters. The minimum Gasteiger partial charge on any atom is -0.489 e. The van der Waals surface area contributed by atoms with Gasteiger partial charge >= 0.3 is 0 Å². The molecule has 0 unspecified atom stereocenters. The van der Waals surface area contributed by atoms with Gasteiger partial charge in [-0.3, -0.25) is 4.79 Å². The molecular weight excluding hydrogens is 395 g/mol. The van der Waals surface area contributed by atoms with Crippen molar-refractivity contribution >= 4 is 17.4 Å². The highest BCUT2D eigenvalue weighted by atomic mass is 19.1. The van der Waals surface area contributed by atoms with Gasteiger partial charge in [-0.05, 0) is 43.5 Å². The fourth-order valence-corrected chi connectivity index (χ4v) is 4.50. The second-order valence-electron chi connectivity index (χ2n) is 8.58. The molecule has 1 saturated heterocycles. The second-order valence-corrected chi connectivity index (χ2v) is 8.58. The van der Waals surface area contributed by atoms with Crippen LogP contribution in [0.15, 0.2) is 36.5 Å². The first-order valence-corrected chi connectivity index (χ1v) is 11.2. The third-order valence-electron chi connectivity index (χ3n) is 6.15. The van der Waals surface area contributed by atoms with Gasteiger partial charge in [-0.15, -0.1) is 0 Å². The van der Waals surface area contributed by atoms with Crippen molar-refractivity contribution in [1.29, 1.82) is 0 Å². The lowest BCUT2D eigenvalue weighted by Crippen LogP contribution is -2.26. The first-order valence-electron chi connectivity index (χ1n) is 11.2. The first kappa shape index (κ1) is 21.4. The Morgan fingerprint density at radius 3 is 2.65 bits per heavy atom. The number of halogens is 1. The molecule has 1 amide bonds. The van der Waals surface area contributed by atoms with E-state index in [1.165, 1.54) is 19.8 Å². The molecule has 31 heavy (non-hydrogen) atoms. The van der Waals surface area contributed by atoms with E-state index in [9.17, 15) is 4.79 Å². The van der Waals surface area contributed by atoms with Crippen molar-refractivity contribution in [3.63, 3.8) is 0 Å². The molecule has 4 rings (SSSR count). The topological polar surface area (TPSA) is 66.5 Å². The molecule has 2 aromatic rings.